The number of aliphatic hydroxyl groups excluding tert-OH is 1. The molecule has 0 saturated carbocycles. The first-order valence-corrected chi connectivity index (χ1v) is 3.96. The van der Waals surface area contributed by atoms with Gasteiger partial charge in [0.2, 0.25) is 3.79 Å². The molecule has 1 atom stereocenters. The van der Waals surface area contributed by atoms with Gasteiger partial charge in [0, 0.05) is 0 Å². The van der Waals surface area contributed by atoms with E-state index in [0.29, 0.717) is 0 Å². The molecule has 0 aromatic carbocycles. The third-order valence-electron chi connectivity index (χ3n) is 0.571. The summed E-state index contributed by atoms with van der Waals surface area (Å²) in [5, 5.41) is 8.35. The quantitative estimate of drug-likeness (QED) is 0.747. The van der Waals surface area contributed by atoms with Crippen molar-refractivity contribution in [2.24, 2.45) is 0 Å². The van der Waals surface area contributed by atoms with Crippen molar-refractivity contribution in [2.75, 3.05) is 13.2 Å². The van der Waals surface area contributed by atoms with Gasteiger partial charge in [-0.25, -0.2) is 0 Å². The monoisotopic (exact) mass is 226 g/mol. The lowest BCUT2D eigenvalue weighted by Crippen LogP contribution is -2.19. The molecule has 0 radical (unpaired) electrons. The number of alkyl halides is 4. The van der Waals surface area contributed by atoms with Crippen LogP contribution in [0.25, 0.3) is 0 Å². The molecule has 1 unspecified atom stereocenters. The molecule has 2 nitrogen and oxygen atoms in total. The maximum absolute atomic E-state index is 8.35. The first-order chi connectivity index (χ1) is 4.45. The molecule has 0 aliphatic rings. The zero-order valence-electron chi connectivity index (χ0n) is 4.86. The van der Waals surface area contributed by atoms with Crippen molar-refractivity contribution < 1.29 is 9.84 Å². The van der Waals surface area contributed by atoms with Gasteiger partial charge in [-0.05, 0) is 0 Å². The van der Waals surface area contributed by atoms with E-state index in [2.05, 4.69) is 4.74 Å². The van der Waals surface area contributed by atoms with Crippen LogP contribution in [-0.2, 0) is 4.74 Å². The van der Waals surface area contributed by atoms with E-state index in [1.54, 1.807) is 0 Å². The van der Waals surface area contributed by atoms with Gasteiger partial charge in [-0.1, -0.05) is 46.4 Å². The Hall–Kier alpha value is 1.08. The SMILES string of the molecule is OCC(Cl)OCC(Cl)(Cl)Cl. The molecule has 0 saturated heterocycles. The standard InChI is InChI=1S/C4H6Cl4O2/c5-3(1-9)10-2-4(6,7)8/h3,9H,1-2H2. The van der Waals surface area contributed by atoms with Crippen LogP contribution in [0.2, 0.25) is 0 Å². The van der Waals surface area contributed by atoms with E-state index in [4.69, 9.17) is 51.5 Å². The van der Waals surface area contributed by atoms with Crippen LogP contribution < -0.4 is 0 Å². The average Bonchev–Trinajstić information content (AvgIpc) is 1.81. The van der Waals surface area contributed by atoms with Crippen molar-refractivity contribution in [3.05, 3.63) is 0 Å². The van der Waals surface area contributed by atoms with Crippen LogP contribution in [0.4, 0.5) is 0 Å². The van der Waals surface area contributed by atoms with Crippen LogP contribution >= 0.6 is 46.4 Å². The van der Waals surface area contributed by atoms with Gasteiger partial charge in [0.25, 0.3) is 0 Å². The van der Waals surface area contributed by atoms with Gasteiger partial charge in [-0.3, -0.25) is 0 Å². The van der Waals surface area contributed by atoms with E-state index in [1.165, 1.54) is 0 Å². The van der Waals surface area contributed by atoms with Crippen LogP contribution in [0.15, 0.2) is 0 Å². The van der Waals surface area contributed by atoms with Gasteiger partial charge in [-0.2, -0.15) is 0 Å². The maximum atomic E-state index is 8.35. The van der Waals surface area contributed by atoms with Crippen molar-refractivity contribution in [3.8, 4) is 0 Å². The first-order valence-electron chi connectivity index (χ1n) is 2.39. The van der Waals surface area contributed by atoms with E-state index in [0.717, 1.165) is 0 Å². The Balaban J connectivity index is 3.36. The highest BCUT2D eigenvalue weighted by atomic mass is 35.6. The zero-order valence-corrected chi connectivity index (χ0v) is 7.88. The molecule has 62 valence electrons. The molecule has 0 heterocycles. The van der Waals surface area contributed by atoms with E-state index in [1.807, 2.05) is 0 Å². The molecule has 0 aliphatic carbocycles. The van der Waals surface area contributed by atoms with Crippen LogP contribution in [0.5, 0.6) is 0 Å². The highest BCUT2D eigenvalue weighted by Gasteiger charge is 2.21. The summed E-state index contributed by atoms with van der Waals surface area (Å²) in [7, 11) is 0. The highest BCUT2D eigenvalue weighted by molar-refractivity contribution is 6.67. The van der Waals surface area contributed by atoms with E-state index >= 15 is 0 Å². The maximum Gasteiger partial charge on any atom is 0.213 e. The third kappa shape index (κ3) is 7.19. The molecule has 10 heavy (non-hydrogen) atoms. The number of hydrogen-bond donors (Lipinski definition) is 1. The van der Waals surface area contributed by atoms with Gasteiger partial charge in [0.1, 0.15) is 0 Å². The summed E-state index contributed by atoms with van der Waals surface area (Å²) in [4.78, 5) is 0. The van der Waals surface area contributed by atoms with Crippen LogP contribution in [0, 0.1) is 0 Å². The molecule has 0 rings (SSSR count). The first kappa shape index (κ1) is 11.1. The Morgan fingerprint density at radius 3 is 2.20 bits per heavy atom. The Morgan fingerprint density at radius 2 is 1.90 bits per heavy atom. The second kappa shape index (κ2) is 4.86. The Labute approximate surface area is 79.0 Å². The second-order valence-corrected chi connectivity index (χ2v) is 4.52. The topological polar surface area (TPSA) is 29.5 Å². The van der Waals surface area contributed by atoms with E-state index in [-0.39, 0.29) is 13.2 Å². The lowest BCUT2D eigenvalue weighted by atomic mass is 10.7. The van der Waals surface area contributed by atoms with Gasteiger partial charge >= 0.3 is 0 Å². The van der Waals surface area contributed by atoms with Gasteiger partial charge < -0.3 is 9.84 Å². The minimum Gasteiger partial charge on any atom is -0.392 e. The summed E-state index contributed by atoms with van der Waals surface area (Å²) in [6.45, 7) is -0.436. The van der Waals surface area contributed by atoms with E-state index in [9.17, 15) is 0 Å². The molecule has 0 aliphatic heterocycles. The summed E-state index contributed by atoms with van der Waals surface area (Å²) in [5.41, 5.74) is -0.810. The fraction of sp³-hybridized carbons (Fsp3) is 1.00. The molecule has 0 spiro atoms. The summed E-state index contributed by atoms with van der Waals surface area (Å²) in [5.74, 6) is 0. The zero-order chi connectivity index (χ0) is 8.20. The summed E-state index contributed by atoms with van der Waals surface area (Å²) in [6.07, 6.45) is 0. The molecule has 0 bridgehead atoms. The van der Waals surface area contributed by atoms with Crippen molar-refractivity contribution in [3.63, 3.8) is 0 Å². The molecular weight excluding hydrogens is 222 g/mol. The summed E-state index contributed by atoms with van der Waals surface area (Å²) >= 11 is 21.2. The minimum absolute atomic E-state index is 0.133. The van der Waals surface area contributed by atoms with Gasteiger partial charge in [0.15, 0.2) is 5.56 Å². The Morgan fingerprint density at radius 1 is 1.40 bits per heavy atom. The van der Waals surface area contributed by atoms with Crippen molar-refractivity contribution >= 4 is 46.4 Å². The second-order valence-electron chi connectivity index (χ2n) is 1.52. The van der Waals surface area contributed by atoms with Gasteiger partial charge in [0.05, 0.1) is 13.2 Å². The predicted molar refractivity (Wildman–Crippen MR) is 43.0 cm³/mol. The summed E-state index contributed by atoms with van der Waals surface area (Å²) in [6, 6.07) is 0. The number of ether oxygens (including phenoxy) is 1. The Kier molecular flexibility index (Phi) is 5.38. The van der Waals surface area contributed by atoms with Gasteiger partial charge in [-0.15, -0.1) is 0 Å². The smallest absolute Gasteiger partial charge is 0.213 e. The molecule has 0 amide bonds. The van der Waals surface area contributed by atoms with E-state index < -0.39 is 9.36 Å². The predicted octanol–water partition coefficient (Wildman–Crippen LogP) is 1.93. The summed E-state index contributed by atoms with van der Waals surface area (Å²) < 4.78 is 3.21. The number of hydrogen-bond acceptors (Lipinski definition) is 2. The molecule has 1 N–H and O–H groups in total. The fourth-order valence-corrected chi connectivity index (χ4v) is 0.490. The lowest BCUT2D eigenvalue weighted by molar-refractivity contribution is 0.0670. The lowest BCUT2D eigenvalue weighted by Gasteiger charge is -2.13. The van der Waals surface area contributed by atoms with Crippen LogP contribution in [0.1, 0.15) is 0 Å². The van der Waals surface area contributed by atoms with Crippen LogP contribution in [-0.4, -0.2) is 27.7 Å². The molecule has 0 aromatic heterocycles. The molecule has 6 heteroatoms. The third-order valence-corrected chi connectivity index (χ3v) is 1.16. The normalized spacial score (nSPS) is 15.3. The average molecular weight is 228 g/mol. The molecular formula is C4H6Cl4O2. The Bertz CT molecular complexity index is 91.7. The van der Waals surface area contributed by atoms with Crippen molar-refractivity contribution in [2.45, 2.75) is 9.36 Å². The molecule has 0 aromatic rings. The number of halogens is 4. The van der Waals surface area contributed by atoms with Crippen molar-refractivity contribution in [1.82, 2.24) is 0 Å². The van der Waals surface area contributed by atoms with Crippen LogP contribution in [0.3, 0.4) is 0 Å². The van der Waals surface area contributed by atoms with Crippen molar-refractivity contribution in [1.29, 1.82) is 0 Å². The highest BCUT2D eigenvalue weighted by Crippen LogP contribution is 2.26. The fourth-order valence-electron chi connectivity index (χ4n) is 0.238. The molecule has 0 fully saturated rings. The number of rotatable bonds is 3. The minimum atomic E-state index is -1.47. The largest absolute Gasteiger partial charge is 0.392 e. The number of aliphatic hydroxyl groups is 1.